The molecular weight excluding hydrogens is 315 g/mol. The number of carbonyl (C=O) groups excluding carboxylic acids is 1. The molecule has 0 unspecified atom stereocenters. The molecule has 5 nitrogen and oxygen atoms in total. The van der Waals surface area contributed by atoms with Crippen LogP contribution in [0.4, 0.5) is 4.39 Å². The number of carbonyl (C=O) groups is 1. The number of hydrogen-bond donors (Lipinski definition) is 0. The van der Waals surface area contributed by atoms with Crippen molar-refractivity contribution in [3.8, 4) is 0 Å². The van der Waals surface area contributed by atoms with Gasteiger partial charge in [0.15, 0.2) is 4.80 Å². The van der Waals surface area contributed by atoms with Gasteiger partial charge in [-0.05, 0) is 25.1 Å². The van der Waals surface area contributed by atoms with Crippen molar-refractivity contribution >= 4 is 27.5 Å². The molecule has 2 heterocycles. The van der Waals surface area contributed by atoms with Crippen molar-refractivity contribution in [2.75, 3.05) is 0 Å². The summed E-state index contributed by atoms with van der Waals surface area (Å²) < 4.78 is 18.1. The number of nitrogens with zero attached hydrogens (tertiary/aromatic N) is 4. The van der Waals surface area contributed by atoms with E-state index in [1.807, 2.05) is 13.0 Å². The Morgan fingerprint density at radius 3 is 3.04 bits per heavy atom. The van der Waals surface area contributed by atoms with Crippen molar-refractivity contribution in [2.45, 2.75) is 20.0 Å². The Balaban J connectivity index is 2.19. The van der Waals surface area contributed by atoms with Crippen molar-refractivity contribution < 1.29 is 9.18 Å². The summed E-state index contributed by atoms with van der Waals surface area (Å²) in [5, 5.41) is 4.07. The van der Waals surface area contributed by atoms with Crippen LogP contribution in [0.25, 0.3) is 10.2 Å². The summed E-state index contributed by atoms with van der Waals surface area (Å²) in [5.41, 5.74) is 0.850. The van der Waals surface area contributed by atoms with Crippen LogP contribution in [0, 0.1) is 5.82 Å². The van der Waals surface area contributed by atoms with Crippen LogP contribution >= 0.6 is 11.3 Å². The van der Waals surface area contributed by atoms with Crippen LogP contribution in [0.2, 0.25) is 0 Å². The van der Waals surface area contributed by atoms with Gasteiger partial charge in [0.1, 0.15) is 11.5 Å². The number of fused-ring (bicyclic) bond motifs is 1. The van der Waals surface area contributed by atoms with E-state index in [0.717, 1.165) is 4.70 Å². The smallest absolute Gasteiger partial charge is 0.297 e. The highest BCUT2D eigenvalue weighted by molar-refractivity contribution is 7.16. The summed E-state index contributed by atoms with van der Waals surface area (Å²) in [6.45, 7) is 6.55. The fraction of sp³-hybridized carbons (Fsp3) is 0.188. The lowest BCUT2D eigenvalue weighted by molar-refractivity contribution is 0.0987. The highest BCUT2D eigenvalue weighted by atomic mass is 32.1. The van der Waals surface area contributed by atoms with Gasteiger partial charge in [-0.15, -0.1) is 6.58 Å². The third-order valence-electron chi connectivity index (χ3n) is 3.40. The van der Waals surface area contributed by atoms with E-state index in [1.54, 1.807) is 33.7 Å². The van der Waals surface area contributed by atoms with Crippen molar-refractivity contribution in [1.29, 1.82) is 0 Å². The van der Waals surface area contributed by atoms with E-state index in [4.69, 9.17) is 0 Å². The first-order valence-electron chi connectivity index (χ1n) is 7.15. The predicted molar refractivity (Wildman–Crippen MR) is 87.8 cm³/mol. The molecule has 0 fully saturated rings. The van der Waals surface area contributed by atoms with E-state index in [-0.39, 0.29) is 5.82 Å². The highest BCUT2D eigenvalue weighted by Gasteiger charge is 2.13. The SMILES string of the molecule is C=CCn1c(=NC(=O)c2ccnn2CC)sc2cccc(F)c21. The van der Waals surface area contributed by atoms with Crippen molar-refractivity contribution in [1.82, 2.24) is 14.3 Å². The molecule has 0 saturated carbocycles. The molecular formula is C16H15FN4OS. The summed E-state index contributed by atoms with van der Waals surface area (Å²) in [6, 6.07) is 6.47. The number of para-hydroxylation sites is 1. The highest BCUT2D eigenvalue weighted by Crippen LogP contribution is 2.20. The first-order valence-corrected chi connectivity index (χ1v) is 7.97. The maximum Gasteiger partial charge on any atom is 0.297 e. The molecule has 3 rings (SSSR count). The molecule has 0 aliphatic rings. The van der Waals surface area contributed by atoms with Crippen molar-refractivity contribution in [3.63, 3.8) is 0 Å². The zero-order valence-electron chi connectivity index (χ0n) is 12.6. The largest absolute Gasteiger partial charge is 0.310 e. The van der Waals surface area contributed by atoms with Crippen LogP contribution in [0.3, 0.4) is 0 Å². The molecule has 0 aliphatic carbocycles. The lowest BCUT2D eigenvalue weighted by Gasteiger charge is -2.02. The predicted octanol–water partition coefficient (Wildman–Crippen LogP) is 2.99. The van der Waals surface area contributed by atoms with Crippen LogP contribution in [0.5, 0.6) is 0 Å². The summed E-state index contributed by atoms with van der Waals surface area (Å²) >= 11 is 1.28. The molecule has 0 N–H and O–H groups in total. The Morgan fingerprint density at radius 1 is 1.48 bits per heavy atom. The van der Waals surface area contributed by atoms with Gasteiger partial charge in [0.05, 0.1) is 10.2 Å². The first kappa shape index (κ1) is 15.4. The van der Waals surface area contributed by atoms with Crippen molar-refractivity contribution in [2.24, 2.45) is 4.99 Å². The van der Waals surface area contributed by atoms with Gasteiger partial charge < -0.3 is 4.57 Å². The van der Waals surface area contributed by atoms with Gasteiger partial charge >= 0.3 is 0 Å². The Morgan fingerprint density at radius 2 is 2.30 bits per heavy atom. The third-order valence-corrected chi connectivity index (χ3v) is 4.44. The Bertz CT molecular complexity index is 951. The molecule has 0 saturated heterocycles. The quantitative estimate of drug-likeness (QED) is 0.691. The molecule has 1 amide bonds. The molecule has 0 spiro atoms. The monoisotopic (exact) mass is 330 g/mol. The van der Waals surface area contributed by atoms with Gasteiger partial charge in [-0.25, -0.2) is 4.39 Å². The Labute approximate surface area is 136 Å². The van der Waals surface area contributed by atoms with Crippen LogP contribution < -0.4 is 4.80 Å². The molecule has 118 valence electrons. The first-order chi connectivity index (χ1) is 11.2. The molecule has 7 heteroatoms. The van der Waals surface area contributed by atoms with Gasteiger partial charge in [0, 0.05) is 19.3 Å². The minimum absolute atomic E-state index is 0.340. The van der Waals surface area contributed by atoms with Gasteiger partial charge in [-0.2, -0.15) is 10.1 Å². The Hall–Kier alpha value is -2.54. The van der Waals surface area contributed by atoms with Crippen molar-refractivity contribution in [3.05, 3.63) is 59.4 Å². The lowest BCUT2D eigenvalue weighted by Crippen LogP contribution is -2.18. The third kappa shape index (κ3) is 2.75. The molecule has 0 atom stereocenters. The van der Waals surface area contributed by atoms with Crippen LogP contribution in [-0.2, 0) is 13.1 Å². The molecule has 0 bridgehead atoms. The van der Waals surface area contributed by atoms with Gasteiger partial charge in [-0.1, -0.05) is 23.5 Å². The summed E-state index contributed by atoms with van der Waals surface area (Å²) in [5.74, 6) is -0.734. The molecule has 0 radical (unpaired) electrons. The second kappa shape index (κ2) is 6.29. The van der Waals surface area contributed by atoms with Crippen LogP contribution in [0.15, 0.2) is 48.1 Å². The van der Waals surface area contributed by atoms with Crippen LogP contribution in [-0.4, -0.2) is 20.3 Å². The minimum atomic E-state index is -0.394. The fourth-order valence-electron chi connectivity index (χ4n) is 2.38. The molecule has 1 aromatic carbocycles. The number of aryl methyl sites for hydroxylation is 1. The minimum Gasteiger partial charge on any atom is -0.310 e. The number of allylic oxidation sites excluding steroid dienone is 1. The number of rotatable bonds is 4. The van der Waals surface area contributed by atoms with E-state index < -0.39 is 5.91 Å². The average Bonchev–Trinajstić information content (AvgIpc) is 3.13. The molecule has 23 heavy (non-hydrogen) atoms. The van der Waals surface area contributed by atoms with E-state index in [9.17, 15) is 9.18 Å². The molecule has 0 aliphatic heterocycles. The second-order valence-corrected chi connectivity index (χ2v) is 5.83. The van der Waals surface area contributed by atoms with Gasteiger partial charge in [-0.3, -0.25) is 9.48 Å². The Kier molecular flexibility index (Phi) is 4.20. The number of benzene rings is 1. The van der Waals surface area contributed by atoms with E-state index in [2.05, 4.69) is 16.7 Å². The maximum absolute atomic E-state index is 14.1. The number of thiazole rings is 1. The standard InChI is InChI=1S/C16H15FN4OS/c1-3-10-20-14-11(17)6-5-7-13(14)23-16(20)19-15(22)12-8-9-18-21(12)4-2/h3,5-9H,1,4,10H2,2H3. The summed E-state index contributed by atoms with van der Waals surface area (Å²) in [7, 11) is 0. The topological polar surface area (TPSA) is 52.2 Å². The van der Waals surface area contributed by atoms with Gasteiger partial charge in [0.2, 0.25) is 0 Å². The number of halogens is 1. The molecule has 2 aromatic heterocycles. The molecule has 3 aromatic rings. The number of hydrogen-bond acceptors (Lipinski definition) is 3. The summed E-state index contributed by atoms with van der Waals surface area (Å²) in [6.07, 6.45) is 3.22. The van der Waals surface area contributed by atoms with Gasteiger partial charge in [0.25, 0.3) is 5.91 Å². The fourth-order valence-corrected chi connectivity index (χ4v) is 3.43. The van der Waals surface area contributed by atoms with Crippen LogP contribution in [0.1, 0.15) is 17.4 Å². The second-order valence-electron chi connectivity index (χ2n) is 4.82. The maximum atomic E-state index is 14.1. The normalized spacial score (nSPS) is 12.0. The van der Waals surface area contributed by atoms with E-state index in [1.165, 1.54) is 17.4 Å². The summed E-state index contributed by atoms with van der Waals surface area (Å²) in [4.78, 5) is 17.0. The van der Waals surface area contributed by atoms with E-state index >= 15 is 0 Å². The number of aromatic nitrogens is 3. The number of amides is 1. The van der Waals surface area contributed by atoms with E-state index in [0.29, 0.717) is 29.1 Å². The average molecular weight is 330 g/mol. The zero-order chi connectivity index (χ0) is 16.4. The lowest BCUT2D eigenvalue weighted by atomic mass is 10.3. The zero-order valence-corrected chi connectivity index (χ0v) is 13.4.